The first kappa shape index (κ1) is 17.6. The van der Waals surface area contributed by atoms with Crippen LogP contribution in [0, 0.1) is 23.2 Å². The van der Waals surface area contributed by atoms with Gasteiger partial charge in [0.25, 0.3) is 0 Å². The summed E-state index contributed by atoms with van der Waals surface area (Å²) in [7, 11) is 1.39. The summed E-state index contributed by atoms with van der Waals surface area (Å²) in [6.45, 7) is -2.80. The topological polar surface area (TPSA) is 44.8 Å². The van der Waals surface area contributed by atoms with E-state index in [1.807, 2.05) is 0 Å². The van der Waals surface area contributed by atoms with Crippen molar-refractivity contribution in [1.82, 2.24) is 0 Å². The molecule has 1 aromatic carbocycles. The first-order chi connectivity index (χ1) is 12.5. The normalized spacial score (nSPS) is 31.9. The lowest BCUT2D eigenvalue weighted by molar-refractivity contribution is -0.172. The number of hydrogen-bond acceptors (Lipinski definition) is 4. The first-order valence-corrected chi connectivity index (χ1v) is 9.26. The Morgan fingerprint density at radius 3 is 2.27 bits per heavy atom. The number of carbonyl (C=O) groups is 1. The maximum absolute atomic E-state index is 12.9. The van der Waals surface area contributed by atoms with Crippen molar-refractivity contribution in [3.63, 3.8) is 0 Å². The van der Waals surface area contributed by atoms with Crippen molar-refractivity contribution in [3.8, 4) is 11.5 Å². The molecule has 4 bridgehead atoms. The highest BCUT2D eigenvalue weighted by atomic mass is 19.3. The maximum atomic E-state index is 12.9. The van der Waals surface area contributed by atoms with Crippen LogP contribution in [-0.4, -0.2) is 19.7 Å². The zero-order chi connectivity index (χ0) is 18.3. The summed E-state index contributed by atoms with van der Waals surface area (Å²) in [6.07, 6.45) is 6.70. The highest BCUT2D eigenvalue weighted by Crippen LogP contribution is 2.60. The second kappa shape index (κ2) is 6.71. The van der Waals surface area contributed by atoms with Gasteiger partial charge in [-0.05, 0) is 74.0 Å². The van der Waals surface area contributed by atoms with Gasteiger partial charge in [0.15, 0.2) is 11.5 Å². The summed E-state index contributed by atoms with van der Waals surface area (Å²) in [6, 6.07) is 4.61. The van der Waals surface area contributed by atoms with Crippen LogP contribution in [0.15, 0.2) is 18.2 Å². The van der Waals surface area contributed by atoms with Gasteiger partial charge in [-0.15, -0.1) is 0 Å². The van der Waals surface area contributed by atoms with E-state index >= 15 is 0 Å². The Morgan fingerprint density at radius 2 is 1.73 bits per heavy atom. The Bertz CT molecular complexity index is 653. The van der Waals surface area contributed by atoms with Crippen LogP contribution in [0.3, 0.4) is 0 Å². The van der Waals surface area contributed by atoms with Crippen LogP contribution in [0.5, 0.6) is 11.5 Å². The lowest BCUT2D eigenvalue weighted by atomic mass is 9.49. The van der Waals surface area contributed by atoms with Gasteiger partial charge in [-0.25, -0.2) is 0 Å². The van der Waals surface area contributed by atoms with E-state index in [9.17, 15) is 13.6 Å². The lowest BCUT2D eigenvalue weighted by Crippen LogP contribution is -2.50. The number of rotatable bonds is 6. The summed E-state index contributed by atoms with van der Waals surface area (Å²) < 4.78 is 40.0. The highest BCUT2D eigenvalue weighted by molar-refractivity contribution is 5.77. The Morgan fingerprint density at radius 1 is 1.12 bits per heavy atom. The van der Waals surface area contributed by atoms with Gasteiger partial charge in [-0.3, -0.25) is 4.79 Å². The van der Waals surface area contributed by atoms with Gasteiger partial charge < -0.3 is 14.2 Å². The lowest BCUT2D eigenvalue weighted by Gasteiger charge is -2.55. The smallest absolute Gasteiger partial charge is 0.387 e. The van der Waals surface area contributed by atoms with E-state index in [-0.39, 0.29) is 29.5 Å². The average Bonchev–Trinajstić information content (AvgIpc) is 2.59. The number of esters is 1. The van der Waals surface area contributed by atoms with Crippen molar-refractivity contribution < 1.29 is 27.8 Å². The van der Waals surface area contributed by atoms with Crippen LogP contribution in [0.25, 0.3) is 0 Å². The summed E-state index contributed by atoms with van der Waals surface area (Å²) in [5.74, 6) is 2.12. The molecule has 4 aliphatic carbocycles. The van der Waals surface area contributed by atoms with E-state index in [0.29, 0.717) is 23.3 Å². The Balaban J connectivity index is 1.42. The minimum absolute atomic E-state index is 0.0290. The van der Waals surface area contributed by atoms with Gasteiger partial charge in [0.1, 0.15) is 6.61 Å². The largest absolute Gasteiger partial charge is 0.493 e. The number of alkyl halides is 2. The van der Waals surface area contributed by atoms with Crippen molar-refractivity contribution in [2.45, 2.75) is 51.7 Å². The third-order valence-corrected chi connectivity index (χ3v) is 6.29. The van der Waals surface area contributed by atoms with Crippen molar-refractivity contribution in [3.05, 3.63) is 23.8 Å². The fourth-order valence-corrected chi connectivity index (χ4v) is 5.66. The number of ether oxygens (including phenoxy) is 3. The quantitative estimate of drug-likeness (QED) is 0.693. The molecule has 5 rings (SSSR count). The van der Waals surface area contributed by atoms with Crippen molar-refractivity contribution in [1.29, 1.82) is 0 Å². The molecule has 1 aromatic rings. The molecule has 4 aliphatic rings. The summed E-state index contributed by atoms with van der Waals surface area (Å²) in [5, 5.41) is 0. The number of benzene rings is 1. The molecule has 0 N–H and O–H groups in total. The van der Waals surface area contributed by atoms with Crippen LogP contribution in [-0.2, 0) is 16.1 Å². The summed E-state index contributed by atoms with van der Waals surface area (Å²) >= 11 is 0. The molecular weight excluding hydrogens is 342 g/mol. The van der Waals surface area contributed by atoms with Crippen molar-refractivity contribution >= 4 is 5.97 Å². The molecule has 0 spiro atoms. The maximum Gasteiger partial charge on any atom is 0.387 e. The Labute approximate surface area is 151 Å². The van der Waals surface area contributed by atoms with Gasteiger partial charge in [-0.2, -0.15) is 8.78 Å². The Hall–Kier alpha value is -1.85. The number of hydrogen-bond donors (Lipinski definition) is 0. The number of methoxy groups -OCH3 is 1. The first-order valence-electron chi connectivity index (χ1n) is 9.26. The van der Waals surface area contributed by atoms with Gasteiger partial charge in [-0.1, -0.05) is 6.07 Å². The van der Waals surface area contributed by atoms with Crippen LogP contribution >= 0.6 is 0 Å². The molecule has 4 nitrogen and oxygen atoms in total. The molecule has 0 amide bonds. The van der Waals surface area contributed by atoms with Gasteiger partial charge >= 0.3 is 12.6 Å². The standard InChI is InChI=1S/C20H24F2O4/c1-24-17-7-12(2-3-16(17)26-19(21)22)11-25-18(23)20-8-13-4-14(9-20)6-15(5-13)10-20/h2-3,7,13-15,19H,4-6,8-11H2,1H3. The van der Waals surface area contributed by atoms with Crippen molar-refractivity contribution in [2.75, 3.05) is 7.11 Å². The van der Waals surface area contributed by atoms with Gasteiger partial charge in [0.05, 0.1) is 12.5 Å². The third kappa shape index (κ3) is 3.26. The monoisotopic (exact) mass is 366 g/mol. The SMILES string of the molecule is COc1cc(COC(=O)C23CC4CC(CC(C4)C2)C3)ccc1OC(F)F. The zero-order valence-corrected chi connectivity index (χ0v) is 14.9. The molecule has 0 aromatic heterocycles. The second-order valence-electron chi connectivity index (χ2n) is 8.14. The second-order valence-corrected chi connectivity index (χ2v) is 8.14. The highest BCUT2D eigenvalue weighted by Gasteiger charge is 2.55. The van der Waals surface area contributed by atoms with E-state index in [4.69, 9.17) is 9.47 Å². The molecule has 0 heterocycles. The van der Waals surface area contributed by atoms with E-state index in [0.717, 1.165) is 19.3 Å². The molecule has 0 radical (unpaired) electrons. The Kier molecular flexibility index (Phi) is 4.53. The van der Waals surface area contributed by atoms with Gasteiger partial charge in [0, 0.05) is 0 Å². The predicted molar refractivity (Wildman–Crippen MR) is 90.0 cm³/mol. The fraction of sp³-hybridized carbons (Fsp3) is 0.650. The molecule has 4 fully saturated rings. The summed E-state index contributed by atoms with van der Waals surface area (Å²) in [5.41, 5.74) is 0.402. The summed E-state index contributed by atoms with van der Waals surface area (Å²) in [4.78, 5) is 12.9. The molecule has 0 saturated heterocycles. The number of halogens is 2. The fourth-order valence-electron chi connectivity index (χ4n) is 5.66. The minimum Gasteiger partial charge on any atom is -0.493 e. The molecule has 142 valence electrons. The van der Waals surface area contributed by atoms with Crippen molar-refractivity contribution in [2.24, 2.45) is 23.2 Å². The molecule has 6 heteroatoms. The van der Waals surface area contributed by atoms with Crippen LogP contribution in [0.4, 0.5) is 8.78 Å². The van der Waals surface area contributed by atoms with E-state index < -0.39 is 6.61 Å². The molecule has 0 unspecified atom stereocenters. The van der Waals surface area contributed by atoms with Crippen LogP contribution in [0.1, 0.15) is 44.1 Å². The van der Waals surface area contributed by atoms with E-state index in [1.54, 1.807) is 12.1 Å². The minimum atomic E-state index is -2.91. The van der Waals surface area contributed by atoms with Gasteiger partial charge in [0.2, 0.25) is 0 Å². The van der Waals surface area contributed by atoms with E-state index in [2.05, 4.69) is 4.74 Å². The molecular formula is C20H24F2O4. The third-order valence-electron chi connectivity index (χ3n) is 6.29. The molecule has 0 atom stereocenters. The predicted octanol–water partition coefficient (Wildman–Crippen LogP) is 4.56. The number of carbonyl (C=O) groups excluding carboxylic acids is 1. The zero-order valence-electron chi connectivity index (χ0n) is 14.9. The molecule has 4 saturated carbocycles. The molecule has 0 aliphatic heterocycles. The van der Waals surface area contributed by atoms with Crippen LogP contribution in [0.2, 0.25) is 0 Å². The van der Waals surface area contributed by atoms with Crippen LogP contribution < -0.4 is 9.47 Å². The average molecular weight is 366 g/mol. The van der Waals surface area contributed by atoms with E-state index in [1.165, 1.54) is 32.4 Å². The molecule has 26 heavy (non-hydrogen) atoms.